The Morgan fingerprint density at radius 1 is 1.24 bits per heavy atom. The fourth-order valence-corrected chi connectivity index (χ4v) is 3.43. The average molecular weight is 309 g/mol. The van der Waals surface area contributed by atoms with E-state index in [0.717, 1.165) is 5.56 Å². The van der Waals surface area contributed by atoms with Gasteiger partial charge in [0, 0.05) is 19.7 Å². The van der Waals surface area contributed by atoms with Crippen molar-refractivity contribution in [1.82, 2.24) is 4.31 Å². The first-order valence-corrected chi connectivity index (χ1v) is 8.09. The molecule has 5 nitrogen and oxygen atoms in total. The van der Waals surface area contributed by atoms with Gasteiger partial charge in [-0.2, -0.15) is 0 Å². The van der Waals surface area contributed by atoms with Gasteiger partial charge in [-0.15, -0.1) is 0 Å². The fraction of sp³-hybridized carbons (Fsp3) is 0.333. The first kappa shape index (κ1) is 15.8. The molecule has 2 rings (SSSR count). The van der Waals surface area contributed by atoms with Crippen LogP contribution in [0.2, 0.25) is 0 Å². The molecule has 0 saturated heterocycles. The van der Waals surface area contributed by atoms with E-state index in [4.69, 9.17) is 9.52 Å². The molecule has 0 bridgehead atoms. The molecule has 2 aromatic rings. The van der Waals surface area contributed by atoms with Gasteiger partial charge in [0.15, 0.2) is 0 Å². The summed E-state index contributed by atoms with van der Waals surface area (Å²) in [5.74, 6) is 0.549. The Morgan fingerprint density at radius 3 is 2.48 bits per heavy atom. The predicted octanol–water partition coefficient (Wildman–Crippen LogP) is 1.94. The second-order valence-electron chi connectivity index (χ2n) is 4.85. The molecule has 21 heavy (non-hydrogen) atoms. The molecule has 1 aromatic carbocycles. The van der Waals surface area contributed by atoms with Crippen molar-refractivity contribution in [2.75, 3.05) is 13.6 Å². The van der Waals surface area contributed by atoms with Crippen molar-refractivity contribution in [3.8, 4) is 0 Å². The Kier molecular flexibility index (Phi) is 4.82. The number of hydrogen-bond donors (Lipinski definition) is 1. The third-order valence-electron chi connectivity index (χ3n) is 3.33. The predicted molar refractivity (Wildman–Crippen MR) is 79.3 cm³/mol. The number of furan rings is 1. The minimum atomic E-state index is -3.60. The van der Waals surface area contributed by atoms with Crippen LogP contribution in [0.1, 0.15) is 17.1 Å². The molecule has 0 aliphatic heterocycles. The van der Waals surface area contributed by atoms with Crippen molar-refractivity contribution in [3.63, 3.8) is 0 Å². The van der Waals surface area contributed by atoms with Gasteiger partial charge in [0.05, 0.1) is 0 Å². The molecule has 0 aliphatic carbocycles. The van der Waals surface area contributed by atoms with Crippen LogP contribution in [0.5, 0.6) is 0 Å². The van der Waals surface area contributed by atoms with Crippen molar-refractivity contribution in [2.45, 2.75) is 24.8 Å². The zero-order valence-electron chi connectivity index (χ0n) is 12.1. The van der Waals surface area contributed by atoms with Gasteiger partial charge in [0.25, 0.3) is 0 Å². The molecular weight excluding hydrogens is 290 g/mol. The zero-order chi connectivity index (χ0) is 15.5. The van der Waals surface area contributed by atoms with Crippen molar-refractivity contribution >= 4 is 10.0 Å². The summed E-state index contributed by atoms with van der Waals surface area (Å²) >= 11 is 0. The highest BCUT2D eigenvalue weighted by Crippen LogP contribution is 2.23. The van der Waals surface area contributed by atoms with E-state index in [0.29, 0.717) is 18.7 Å². The number of likely N-dealkylation sites (N-methyl/N-ethyl adjacent to an activating group) is 1. The number of hydrogen-bond acceptors (Lipinski definition) is 4. The number of nitrogens with zero attached hydrogens (tertiary/aromatic N) is 1. The molecule has 0 amide bonds. The van der Waals surface area contributed by atoms with Crippen LogP contribution in [-0.2, 0) is 23.1 Å². The molecule has 6 heteroatoms. The highest BCUT2D eigenvalue weighted by Gasteiger charge is 2.25. The van der Waals surface area contributed by atoms with Crippen molar-refractivity contribution in [2.24, 2.45) is 0 Å². The summed E-state index contributed by atoms with van der Waals surface area (Å²) in [7, 11) is -2.06. The topological polar surface area (TPSA) is 70.8 Å². The van der Waals surface area contributed by atoms with Crippen LogP contribution in [0.4, 0.5) is 0 Å². The van der Waals surface area contributed by atoms with Crippen LogP contribution in [0.15, 0.2) is 45.7 Å². The van der Waals surface area contributed by atoms with E-state index < -0.39 is 10.0 Å². The number of aryl methyl sites for hydroxylation is 1. The minimum absolute atomic E-state index is 0.113. The Bertz CT molecular complexity index is 692. The Hall–Kier alpha value is -1.63. The standard InChI is InChI=1S/C15H19NO4S/c1-12-15(10-14(11-17)20-12)21(18,19)16(2)9-8-13-6-4-3-5-7-13/h3-7,10,17H,8-9,11H2,1-2H3. The molecule has 1 heterocycles. The van der Waals surface area contributed by atoms with Crippen molar-refractivity contribution in [3.05, 3.63) is 53.5 Å². The van der Waals surface area contributed by atoms with Crippen LogP contribution in [0.3, 0.4) is 0 Å². The van der Waals surface area contributed by atoms with Crippen LogP contribution in [0, 0.1) is 6.92 Å². The number of aliphatic hydroxyl groups is 1. The van der Waals surface area contributed by atoms with E-state index in [2.05, 4.69) is 0 Å². The van der Waals surface area contributed by atoms with Gasteiger partial charge in [-0.05, 0) is 18.9 Å². The van der Waals surface area contributed by atoms with E-state index in [1.54, 1.807) is 14.0 Å². The van der Waals surface area contributed by atoms with E-state index in [1.165, 1.54) is 10.4 Å². The summed E-state index contributed by atoms with van der Waals surface area (Å²) in [6.45, 7) is 1.65. The van der Waals surface area contributed by atoms with Crippen LogP contribution in [-0.4, -0.2) is 31.4 Å². The number of aliphatic hydroxyl groups excluding tert-OH is 1. The number of sulfonamides is 1. The number of rotatable bonds is 6. The third-order valence-corrected chi connectivity index (χ3v) is 5.29. The van der Waals surface area contributed by atoms with Gasteiger partial charge >= 0.3 is 0 Å². The molecule has 0 unspecified atom stereocenters. The molecule has 114 valence electrons. The van der Waals surface area contributed by atoms with Crippen LogP contribution in [0.25, 0.3) is 0 Å². The maximum absolute atomic E-state index is 12.5. The summed E-state index contributed by atoms with van der Waals surface area (Å²) in [6, 6.07) is 11.1. The van der Waals surface area contributed by atoms with Crippen LogP contribution < -0.4 is 0 Å². The number of benzene rings is 1. The summed E-state index contributed by atoms with van der Waals surface area (Å²) in [5.41, 5.74) is 1.08. The Morgan fingerprint density at radius 2 is 1.90 bits per heavy atom. The molecule has 0 spiro atoms. The molecule has 1 aromatic heterocycles. The van der Waals surface area contributed by atoms with E-state index in [9.17, 15) is 8.42 Å². The van der Waals surface area contributed by atoms with E-state index >= 15 is 0 Å². The summed E-state index contributed by atoms with van der Waals surface area (Å²) in [6.07, 6.45) is 0.639. The zero-order valence-corrected chi connectivity index (χ0v) is 12.9. The van der Waals surface area contributed by atoms with Gasteiger partial charge in [0.2, 0.25) is 10.0 Å². The third kappa shape index (κ3) is 3.53. The lowest BCUT2D eigenvalue weighted by Gasteiger charge is -2.16. The quantitative estimate of drug-likeness (QED) is 0.885. The Labute approximate surface area is 124 Å². The largest absolute Gasteiger partial charge is 0.462 e. The average Bonchev–Trinajstić information content (AvgIpc) is 2.87. The smallest absolute Gasteiger partial charge is 0.246 e. The monoisotopic (exact) mass is 309 g/mol. The SMILES string of the molecule is Cc1oc(CO)cc1S(=O)(=O)N(C)CCc1ccccc1. The van der Waals surface area contributed by atoms with Gasteiger partial charge in [0.1, 0.15) is 23.0 Å². The maximum atomic E-state index is 12.5. The highest BCUT2D eigenvalue weighted by molar-refractivity contribution is 7.89. The lowest BCUT2D eigenvalue weighted by atomic mass is 10.2. The fourth-order valence-electron chi connectivity index (χ4n) is 2.08. The molecule has 0 saturated carbocycles. The van der Waals surface area contributed by atoms with E-state index in [1.807, 2.05) is 30.3 Å². The Balaban J connectivity index is 2.13. The van der Waals surface area contributed by atoms with E-state index in [-0.39, 0.29) is 17.3 Å². The first-order chi connectivity index (χ1) is 9.95. The van der Waals surface area contributed by atoms with Crippen LogP contribution >= 0.6 is 0 Å². The first-order valence-electron chi connectivity index (χ1n) is 6.65. The minimum Gasteiger partial charge on any atom is -0.462 e. The second-order valence-corrected chi connectivity index (χ2v) is 6.87. The molecule has 0 radical (unpaired) electrons. The summed E-state index contributed by atoms with van der Waals surface area (Å²) in [5, 5.41) is 9.03. The normalized spacial score (nSPS) is 12.0. The molecular formula is C15H19NO4S. The maximum Gasteiger partial charge on any atom is 0.246 e. The molecule has 0 atom stereocenters. The summed E-state index contributed by atoms with van der Waals surface area (Å²) < 4.78 is 31.5. The molecule has 0 fully saturated rings. The molecule has 1 N–H and O–H groups in total. The van der Waals surface area contributed by atoms with Crippen molar-refractivity contribution in [1.29, 1.82) is 0 Å². The second kappa shape index (κ2) is 6.43. The van der Waals surface area contributed by atoms with Gasteiger partial charge in [-0.1, -0.05) is 30.3 Å². The lowest BCUT2D eigenvalue weighted by Crippen LogP contribution is -2.29. The van der Waals surface area contributed by atoms with Crippen molar-refractivity contribution < 1.29 is 17.9 Å². The highest BCUT2D eigenvalue weighted by atomic mass is 32.2. The summed E-state index contributed by atoms with van der Waals surface area (Å²) in [4.78, 5) is 0.113. The van der Waals surface area contributed by atoms with Gasteiger partial charge in [-0.25, -0.2) is 12.7 Å². The lowest BCUT2D eigenvalue weighted by molar-refractivity contribution is 0.244. The molecule has 0 aliphatic rings. The van der Waals surface area contributed by atoms with Gasteiger partial charge < -0.3 is 9.52 Å². The van der Waals surface area contributed by atoms with Gasteiger partial charge in [-0.3, -0.25) is 0 Å².